The average molecular weight is 583 g/mol. The number of nitrogens with one attached hydrogen (secondary N) is 1. The number of hydrogen-bond donors (Lipinski definition) is 2. The van der Waals surface area contributed by atoms with E-state index in [1.165, 1.54) is 23.5 Å². The van der Waals surface area contributed by atoms with Crippen LogP contribution in [0.5, 0.6) is 0 Å². The Labute approximate surface area is 224 Å². The lowest BCUT2D eigenvalue weighted by Gasteiger charge is -2.53. The molecule has 1 amide bonds. The molecular formula is C27H35BrFN2O4S+. The number of quaternary nitrogens is 1. The van der Waals surface area contributed by atoms with Gasteiger partial charge in [0.05, 0.1) is 47.5 Å². The molecule has 5 rings (SSSR count). The van der Waals surface area contributed by atoms with Crippen molar-refractivity contribution in [1.29, 1.82) is 0 Å². The molecule has 36 heavy (non-hydrogen) atoms. The van der Waals surface area contributed by atoms with E-state index in [0.29, 0.717) is 34.9 Å². The molecule has 3 fully saturated rings. The summed E-state index contributed by atoms with van der Waals surface area (Å²) >= 11 is 4.73. The Kier molecular flexibility index (Phi) is 8.54. The maximum atomic E-state index is 14.0. The molecule has 0 aliphatic carbocycles. The fourth-order valence-electron chi connectivity index (χ4n) is 5.75. The van der Waals surface area contributed by atoms with Crippen molar-refractivity contribution in [3.8, 4) is 0 Å². The molecule has 4 heterocycles. The van der Waals surface area contributed by atoms with Gasteiger partial charge in [0.25, 0.3) is 5.91 Å². The van der Waals surface area contributed by atoms with Crippen LogP contribution in [0.15, 0.2) is 34.1 Å². The first-order chi connectivity index (χ1) is 17.2. The van der Waals surface area contributed by atoms with Crippen LogP contribution in [0.4, 0.5) is 4.39 Å². The van der Waals surface area contributed by atoms with Gasteiger partial charge in [-0.25, -0.2) is 4.39 Å². The summed E-state index contributed by atoms with van der Waals surface area (Å²) in [6.07, 6.45) is 4.24. The number of benzene rings is 1. The lowest BCUT2D eigenvalue weighted by molar-refractivity contribution is -0.944. The van der Waals surface area contributed by atoms with Crippen LogP contribution in [0.3, 0.4) is 0 Å². The monoisotopic (exact) mass is 581 g/mol. The van der Waals surface area contributed by atoms with E-state index in [4.69, 9.17) is 4.74 Å². The van der Waals surface area contributed by atoms with Crippen molar-refractivity contribution in [2.45, 2.75) is 57.6 Å². The van der Waals surface area contributed by atoms with Gasteiger partial charge in [-0.1, -0.05) is 6.07 Å². The molecule has 2 aromatic rings. The van der Waals surface area contributed by atoms with Crippen molar-refractivity contribution in [3.05, 3.63) is 55.9 Å². The summed E-state index contributed by atoms with van der Waals surface area (Å²) in [5.74, 6) is -0.610. The van der Waals surface area contributed by atoms with E-state index in [1.54, 1.807) is 25.1 Å². The lowest BCUT2D eigenvalue weighted by Crippen LogP contribution is -2.68. The minimum atomic E-state index is -1.91. The zero-order chi connectivity index (χ0) is 25.9. The molecule has 6 nitrogen and oxygen atoms in total. The van der Waals surface area contributed by atoms with Gasteiger partial charge in [0.1, 0.15) is 5.82 Å². The van der Waals surface area contributed by atoms with Crippen LogP contribution >= 0.6 is 27.3 Å². The highest BCUT2D eigenvalue weighted by molar-refractivity contribution is 9.11. The van der Waals surface area contributed by atoms with Crippen molar-refractivity contribution in [3.63, 3.8) is 0 Å². The number of unbranched alkanes of at least 4 members (excludes halogenated alkanes) is 1. The maximum absolute atomic E-state index is 14.0. The SMILES string of the molecule is CCOC(=O)CCCC[N+]12CCC(CC1)[C@H](NC(=O)C(O)(c1ccc(F)c(C)c1)c1ccc(Br)s1)C2. The Bertz CT molecular complexity index is 1100. The third kappa shape index (κ3) is 5.69. The zero-order valence-corrected chi connectivity index (χ0v) is 23.3. The van der Waals surface area contributed by atoms with Crippen molar-refractivity contribution < 1.29 is 28.3 Å². The zero-order valence-electron chi connectivity index (χ0n) is 20.9. The Morgan fingerprint density at radius 2 is 2.00 bits per heavy atom. The third-order valence-electron chi connectivity index (χ3n) is 7.82. The molecule has 2 bridgehead atoms. The Hall–Kier alpha value is -1.81. The minimum Gasteiger partial charge on any atom is -0.466 e. The summed E-state index contributed by atoms with van der Waals surface area (Å²) < 4.78 is 20.8. The topological polar surface area (TPSA) is 75.6 Å². The first-order valence-electron chi connectivity index (χ1n) is 12.7. The van der Waals surface area contributed by atoms with Gasteiger partial charge < -0.3 is 19.6 Å². The van der Waals surface area contributed by atoms with Crippen molar-refractivity contribution in [1.82, 2.24) is 5.32 Å². The molecule has 196 valence electrons. The molecule has 0 radical (unpaired) electrons. The number of aryl methyl sites for hydroxylation is 1. The quantitative estimate of drug-likeness (QED) is 0.243. The number of halogens is 2. The van der Waals surface area contributed by atoms with Gasteiger partial charge >= 0.3 is 5.97 Å². The maximum Gasteiger partial charge on any atom is 0.305 e. The number of thiophene rings is 1. The fraction of sp³-hybridized carbons (Fsp3) is 0.556. The number of ether oxygens (including phenoxy) is 1. The number of carbonyl (C=O) groups is 2. The molecule has 1 aromatic heterocycles. The van der Waals surface area contributed by atoms with Crippen LogP contribution in [-0.2, 0) is 19.9 Å². The molecule has 3 saturated heterocycles. The number of fused-ring (bicyclic) bond motifs is 3. The van der Waals surface area contributed by atoms with Crippen molar-refractivity contribution >= 4 is 39.1 Å². The van der Waals surface area contributed by atoms with Crippen molar-refractivity contribution in [2.75, 3.05) is 32.8 Å². The van der Waals surface area contributed by atoms with Crippen LogP contribution in [-0.4, -0.2) is 60.3 Å². The first-order valence-corrected chi connectivity index (χ1v) is 14.3. The van der Waals surface area contributed by atoms with E-state index in [0.717, 1.165) is 60.1 Å². The molecule has 9 heteroatoms. The molecule has 2 N–H and O–H groups in total. The lowest BCUT2D eigenvalue weighted by atomic mass is 9.80. The Morgan fingerprint density at radius 3 is 2.64 bits per heavy atom. The second-order valence-corrected chi connectivity index (χ2v) is 12.6. The van der Waals surface area contributed by atoms with E-state index in [2.05, 4.69) is 21.2 Å². The number of carbonyl (C=O) groups excluding carboxylic acids is 2. The number of esters is 1. The van der Waals surface area contributed by atoms with Gasteiger partial charge in [-0.2, -0.15) is 0 Å². The molecule has 1 unspecified atom stereocenters. The second-order valence-electron chi connectivity index (χ2n) is 10.2. The molecular weight excluding hydrogens is 547 g/mol. The third-order valence-corrected chi connectivity index (χ3v) is 9.55. The predicted molar refractivity (Wildman–Crippen MR) is 141 cm³/mol. The molecule has 3 aliphatic heterocycles. The number of amides is 1. The second kappa shape index (κ2) is 11.3. The number of piperidine rings is 3. The van der Waals surface area contributed by atoms with Gasteiger partial charge in [-0.3, -0.25) is 9.59 Å². The predicted octanol–water partition coefficient (Wildman–Crippen LogP) is 4.65. The van der Waals surface area contributed by atoms with E-state index < -0.39 is 11.5 Å². The van der Waals surface area contributed by atoms with Crippen LogP contribution in [0, 0.1) is 18.7 Å². The van der Waals surface area contributed by atoms with Crippen LogP contribution in [0.1, 0.15) is 55.0 Å². The molecule has 2 atom stereocenters. The highest BCUT2D eigenvalue weighted by Crippen LogP contribution is 2.39. The summed E-state index contributed by atoms with van der Waals surface area (Å²) in [6, 6.07) is 7.85. The van der Waals surface area contributed by atoms with E-state index in [1.807, 2.05) is 6.92 Å². The Morgan fingerprint density at radius 1 is 1.25 bits per heavy atom. The summed E-state index contributed by atoms with van der Waals surface area (Å²) in [6.45, 7) is 7.81. The molecule has 0 spiro atoms. The van der Waals surface area contributed by atoms with E-state index >= 15 is 0 Å². The van der Waals surface area contributed by atoms with Gasteiger partial charge in [0.2, 0.25) is 5.60 Å². The minimum absolute atomic E-state index is 0.0403. The van der Waals surface area contributed by atoms with E-state index in [9.17, 15) is 19.1 Å². The summed E-state index contributed by atoms with van der Waals surface area (Å²) in [7, 11) is 0. The Balaban J connectivity index is 1.49. The van der Waals surface area contributed by atoms with Crippen molar-refractivity contribution in [2.24, 2.45) is 5.92 Å². The van der Waals surface area contributed by atoms with Gasteiger partial charge in [-0.15, -0.1) is 11.3 Å². The summed E-state index contributed by atoms with van der Waals surface area (Å²) in [5, 5.41) is 15.1. The first kappa shape index (κ1) is 27.2. The number of hydrogen-bond acceptors (Lipinski definition) is 5. The summed E-state index contributed by atoms with van der Waals surface area (Å²) in [4.78, 5) is 26.0. The largest absolute Gasteiger partial charge is 0.466 e. The average Bonchev–Trinajstić information content (AvgIpc) is 3.30. The van der Waals surface area contributed by atoms with Gasteiger partial charge in [-0.05, 0) is 83.9 Å². The normalized spacial score (nSPS) is 24.8. The van der Waals surface area contributed by atoms with Crippen LogP contribution < -0.4 is 5.32 Å². The summed E-state index contributed by atoms with van der Waals surface area (Å²) in [5.41, 5.74) is -1.17. The number of rotatable bonds is 10. The van der Waals surface area contributed by atoms with Gasteiger partial charge in [0, 0.05) is 19.3 Å². The number of nitrogens with zero attached hydrogens (tertiary/aromatic N) is 1. The smallest absolute Gasteiger partial charge is 0.305 e. The molecule has 1 aromatic carbocycles. The molecule has 3 aliphatic rings. The van der Waals surface area contributed by atoms with Gasteiger partial charge in [0.15, 0.2) is 0 Å². The highest BCUT2D eigenvalue weighted by atomic mass is 79.9. The molecule has 0 saturated carbocycles. The van der Waals surface area contributed by atoms with Crippen LogP contribution in [0.25, 0.3) is 0 Å². The fourth-order valence-corrected chi connectivity index (χ4v) is 7.25. The number of aliphatic hydroxyl groups is 1. The highest BCUT2D eigenvalue weighted by Gasteiger charge is 2.49. The van der Waals surface area contributed by atoms with E-state index in [-0.39, 0.29) is 17.8 Å². The standard InChI is InChI=1S/C27H34BrFN2O4S/c1-3-35-25(32)6-4-5-13-31-14-11-19(12-15-31)22(17-31)30-26(33)27(34,23-9-10-24(28)36-23)20-7-8-21(29)18(2)16-20/h7-10,16,19,22,34H,3-6,11-15,17H2,1-2H3/p+1/t19?,22-,27?,31?/m1/s1. The van der Waals surface area contributed by atoms with Crippen LogP contribution in [0.2, 0.25) is 0 Å².